The van der Waals surface area contributed by atoms with Gasteiger partial charge >= 0.3 is 0 Å². The molecule has 0 aliphatic carbocycles. The highest BCUT2D eigenvalue weighted by atomic mass is 35.5. The van der Waals surface area contributed by atoms with Crippen LogP contribution in [0.15, 0.2) is 24.3 Å². The number of para-hydroxylation sites is 1. The van der Waals surface area contributed by atoms with E-state index < -0.39 is 0 Å². The van der Waals surface area contributed by atoms with E-state index in [1.54, 1.807) is 0 Å². The van der Waals surface area contributed by atoms with Crippen LogP contribution < -0.4 is 11.1 Å². The molecule has 1 heterocycles. The molecular formula is C20H32ClN3O2. The van der Waals surface area contributed by atoms with Crippen LogP contribution in [0.4, 0.5) is 5.69 Å². The first-order valence-corrected chi connectivity index (χ1v) is 9.43. The standard InChI is InChI=1S/C20H31N3O2.ClH/c1-3-4-13-22-20(25)17-10-9-15(2)23(14-17)19(24)12-11-16-7-5-6-8-18(16)21;/h5-8,15,17H,3-4,9-14,21H2,1-2H3,(H,22,25);1H. The van der Waals surface area contributed by atoms with Gasteiger partial charge in [0, 0.05) is 31.2 Å². The molecule has 0 bridgehead atoms. The zero-order valence-corrected chi connectivity index (χ0v) is 16.7. The van der Waals surface area contributed by atoms with Gasteiger partial charge in [0.25, 0.3) is 0 Å². The molecule has 1 saturated heterocycles. The number of nitrogens with one attached hydrogen (secondary N) is 1. The molecule has 6 heteroatoms. The van der Waals surface area contributed by atoms with E-state index in [0.717, 1.165) is 43.5 Å². The molecule has 2 amide bonds. The van der Waals surface area contributed by atoms with Gasteiger partial charge in [0.1, 0.15) is 0 Å². The molecule has 1 aliphatic heterocycles. The van der Waals surface area contributed by atoms with Crippen LogP contribution in [0.3, 0.4) is 0 Å². The summed E-state index contributed by atoms with van der Waals surface area (Å²) in [5.41, 5.74) is 7.69. The van der Waals surface area contributed by atoms with E-state index in [0.29, 0.717) is 19.4 Å². The fraction of sp³-hybridized carbons (Fsp3) is 0.600. The Kier molecular flexibility index (Phi) is 9.49. The number of halogens is 1. The predicted octanol–water partition coefficient (Wildman–Crippen LogP) is 3.17. The molecule has 0 spiro atoms. The molecule has 1 aromatic rings. The van der Waals surface area contributed by atoms with E-state index in [4.69, 9.17) is 5.73 Å². The zero-order valence-electron chi connectivity index (χ0n) is 15.9. The molecule has 0 radical (unpaired) electrons. The summed E-state index contributed by atoms with van der Waals surface area (Å²) in [4.78, 5) is 26.9. The quantitative estimate of drug-likeness (QED) is 0.562. The van der Waals surface area contributed by atoms with Crippen molar-refractivity contribution in [1.82, 2.24) is 10.2 Å². The Morgan fingerprint density at radius 1 is 1.27 bits per heavy atom. The number of carbonyl (C=O) groups excluding carboxylic acids is 2. The van der Waals surface area contributed by atoms with Gasteiger partial charge in [0.05, 0.1) is 5.92 Å². The van der Waals surface area contributed by atoms with Crippen molar-refractivity contribution in [2.45, 2.75) is 58.4 Å². The number of anilines is 1. The Morgan fingerprint density at radius 2 is 2.00 bits per heavy atom. The van der Waals surface area contributed by atoms with Gasteiger partial charge in [-0.3, -0.25) is 9.59 Å². The Balaban J connectivity index is 0.00000338. The third-order valence-electron chi connectivity index (χ3n) is 5.07. The van der Waals surface area contributed by atoms with Crippen molar-refractivity contribution < 1.29 is 9.59 Å². The van der Waals surface area contributed by atoms with Crippen molar-refractivity contribution in [3.8, 4) is 0 Å². The maximum atomic E-state index is 12.7. The molecule has 0 aromatic heterocycles. The molecule has 2 unspecified atom stereocenters. The molecule has 1 aliphatic rings. The third kappa shape index (κ3) is 6.20. The number of nitrogens with two attached hydrogens (primary N) is 1. The highest BCUT2D eigenvalue weighted by Crippen LogP contribution is 2.23. The van der Waals surface area contributed by atoms with E-state index >= 15 is 0 Å². The smallest absolute Gasteiger partial charge is 0.224 e. The number of piperidine rings is 1. The van der Waals surface area contributed by atoms with Crippen molar-refractivity contribution in [3.05, 3.63) is 29.8 Å². The van der Waals surface area contributed by atoms with Crippen molar-refractivity contribution in [3.63, 3.8) is 0 Å². The fourth-order valence-corrected chi connectivity index (χ4v) is 3.35. The van der Waals surface area contributed by atoms with E-state index in [-0.39, 0.29) is 36.2 Å². The minimum atomic E-state index is -0.0844. The number of aryl methyl sites for hydroxylation is 1. The summed E-state index contributed by atoms with van der Waals surface area (Å²) in [6.07, 6.45) is 4.87. The van der Waals surface area contributed by atoms with Crippen LogP contribution in [0.1, 0.15) is 51.5 Å². The largest absolute Gasteiger partial charge is 0.399 e. The van der Waals surface area contributed by atoms with E-state index in [1.165, 1.54) is 0 Å². The molecule has 1 aromatic carbocycles. The van der Waals surface area contributed by atoms with Crippen LogP contribution in [-0.2, 0) is 16.0 Å². The molecule has 26 heavy (non-hydrogen) atoms. The van der Waals surface area contributed by atoms with Gasteiger partial charge in [-0.2, -0.15) is 0 Å². The molecular weight excluding hydrogens is 350 g/mol. The second-order valence-corrected chi connectivity index (χ2v) is 7.01. The van der Waals surface area contributed by atoms with Crippen LogP contribution in [0.2, 0.25) is 0 Å². The second-order valence-electron chi connectivity index (χ2n) is 7.01. The van der Waals surface area contributed by atoms with Gasteiger partial charge in [-0.15, -0.1) is 12.4 Å². The minimum absolute atomic E-state index is 0. The summed E-state index contributed by atoms with van der Waals surface area (Å²) in [5.74, 6) is 0.117. The first kappa shape index (κ1) is 22.3. The maximum absolute atomic E-state index is 12.7. The van der Waals surface area contributed by atoms with E-state index in [9.17, 15) is 9.59 Å². The normalized spacial score (nSPS) is 19.5. The van der Waals surface area contributed by atoms with Gasteiger partial charge in [-0.25, -0.2) is 0 Å². The minimum Gasteiger partial charge on any atom is -0.399 e. The number of nitrogens with zero attached hydrogens (tertiary/aromatic N) is 1. The Hall–Kier alpha value is -1.75. The van der Waals surface area contributed by atoms with Crippen molar-refractivity contribution in [2.24, 2.45) is 5.92 Å². The molecule has 0 saturated carbocycles. The first-order chi connectivity index (χ1) is 12.0. The van der Waals surface area contributed by atoms with Gasteiger partial charge < -0.3 is 16.0 Å². The first-order valence-electron chi connectivity index (χ1n) is 9.43. The highest BCUT2D eigenvalue weighted by molar-refractivity contribution is 5.85. The van der Waals surface area contributed by atoms with Gasteiger partial charge in [0.15, 0.2) is 0 Å². The third-order valence-corrected chi connectivity index (χ3v) is 5.07. The van der Waals surface area contributed by atoms with E-state index in [2.05, 4.69) is 19.2 Å². The number of amides is 2. The number of unbranched alkanes of at least 4 members (excludes halogenated alkanes) is 1. The molecule has 2 atom stereocenters. The number of nitrogen functional groups attached to an aromatic ring is 1. The average Bonchev–Trinajstić information content (AvgIpc) is 2.61. The number of likely N-dealkylation sites (tertiary alicyclic amines) is 1. The molecule has 3 N–H and O–H groups in total. The SMILES string of the molecule is CCCCNC(=O)C1CCC(C)N(C(=O)CCc2ccccc2N)C1.Cl. The molecule has 146 valence electrons. The van der Waals surface area contributed by atoms with Crippen LogP contribution in [0, 0.1) is 5.92 Å². The number of hydrogen-bond donors (Lipinski definition) is 2. The summed E-state index contributed by atoms with van der Waals surface area (Å²) in [6.45, 7) is 5.43. The highest BCUT2D eigenvalue weighted by Gasteiger charge is 2.32. The average molecular weight is 382 g/mol. The lowest BCUT2D eigenvalue weighted by molar-refractivity contribution is -0.138. The van der Waals surface area contributed by atoms with Crippen LogP contribution >= 0.6 is 12.4 Å². The topological polar surface area (TPSA) is 75.4 Å². The maximum Gasteiger partial charge on any atom is 0.224 e. The molecule has 1 fully saturated rings. The Bertz CT molecular complexity index is 594. The van der Waals surface area contributed by atoms with Crippen molar-refractivity contribution in [2.75, 3.05) is 18.8 Å². The summed E-state index contributed by atoms with van der Waals surface area (Å²) in [6, 6.07) is 7.86. The second kappa shape index (κ2) is 11.1. The van der Waals surface area contributed by atoms with E-state index in [1.807, 2.05) is 29.2 Å². The van der Waals surface area contributed by atoms with Crippen LogP contribution in [-0.4, -0.2) is 35.8 Å². The van der Waals surface area contributed by atoms with Gasteiger partial charge in [-0.1, -0.05) is 31.5 Å². The number of carbonyl (C=O) groups is 2. The summed E-state index contributed by atoms with van der Waals surface area (Å²) < 4.78 is 0. The van der Waals surface area contributed by atoms with Crippen molar-refractivity contribution >= 4 is 29.9 Å². The van der Waals surface area contributed by atoms with Gasteiger partial charge in [0.2, 0.25) is 11.8 Å². The number of benzene rings is 1. The monoisotopic (exact) mass is 381 g/mol. The van der Waals surface area contributed by atoms with Crippen molar-refractivity contribution in [1.29, 1.82) is 0 Å². The molecule has 5 nitrogen and oxygen atoms in total. The lowest BCUT2D eigenvalue weighted by atomic mass is 9.92. The Morgan fingerprint density at radius 3 is 2.69 bits per heavy atom. The lowest BCUT2D eigenvalue weighted by Gasteiger charge is -2.37. The lowest BCUT2D eigenvalue weighted by Crippen LogP contribution is -2.49. The van der Waals surface area contributed by atoms with Crippen LogP contribution in [0.5, 0.6) is 0 Å². The number of rotatable bonds is 7. The number of hydrogen-bond acceptors (Lipinski definition) is 3. The Labute approximate surface area is 163 Å². The summed E-state index contributed by atoms with van der Waals surface area (Å²) in [5, 5.41) is 3.00. The molecule has 2 rings (SSSR count). The van der Waals surface area contributed by atoms with Gasteiger partial charge in [-0.05, 0) is 44.2 Å². The predicted molar refractivity (Wildman–Crippen MR) is 108 cm³/mol. The summed E-state index contributed by atoms with van der Waals surface area (Å²) >= 11 is 0. The fourth-order valence-electron chi connectivity index (χ4n) is 3.35. The summed E-state index contributed by atoms with van der Waals surface area (Å²) in [7, 11) is 0. The zero-order chi connectivity index (χ0) is 18.2. The van der Waals surface area contributed by atoms with Crippen LogP contribution in [0.25, 0.3) is 0 Å².